The van der Waals surface area contributed by atoms with Crippen LogP contribution in [-0.2, 0) is 4.79 Å². The van der Waals surface area contributed by atoms with E-state index in [4.69, 9.17) is 23.2 Å². The number of anilines is 1. The SMILES string of the molecule is Cc1cn(-c2ccc(N3CCN(C(C)c4ccc(Cl)c(Cl)c4)C(=O)C3)cc2)cn1. The molecule has 1 amide bonds. The lowest BCUT2D eigenvalue weighted by atomic mass is 10.1. The van der Waals surface area contributed by atoms with E-state index < -0.39 is 0 Å². The van der Waals surface area contributed by atoms with Crippen molar-refractivity contribution in [1.29, 1.82) is 0 Å². The van der Waals surface area contributed by atoms with Gasteiger partial charge in [-0.15, -0.1) is 0 Å². The van der Waals surface area contributed by atoms with Gasteiger partial charge < -0.3 is 14.4 Å². The first-order chi connectivity index (χ1) is 13.9. The number of nitrogens with zero attached hydrogens (tertiary/aromatic N) is 4. The first kappa shape index (κ1) is 19.8. The molecule has 1 saturated heterocycles. The van der Waals surface area contributed by atoms with Crippen LogP contribution in [0.3, 0.4) is 0 Å². The van der Waals surface area contributed by atoms with Crippen molar-refractivity contribution in [3.8, 4) is 5.69 Å². The summed E-state index contributed by atoms with van der Waals surface area (Å²) in [5, 5.41) is 1.03. The average Bonchev–Trinajstić information content (AvgIpc) is 3.16. The highest BCUT2D eigenvalue weighted by Crippen LogP contribution is 2.30. The Kier molecular flexibility index (Phi) is 5.52. The molecule has 0 spiro atoms. The van der Waals surface area contributed by atoms with Gasteiger partial charge in [0.25, 0.3) is 0 Å². The van der Waals surface area contributed by atoms with Crippen molar-refractivity contribution >= 4 is 34.8 Å². The minimum Gasteiger partial charge on any atom is -0.360 e. The summed E-state index contributed by atoms with van der Waals surface area (Å²) in [6.07, 6.45) is 3.79. The lowest BCUT2D eigenvalue weighted by molar-refractivity contribution is -0.133. The first-order valence-corrected chi connectivity index (χ1v) is 10.3. The fourth-order valence-corrected chi connectivity index (χ4v) is 3.97. The van der Waals surface area contributed by atoms with Gasteiger partial charge in [0.15, 0.2) is 0 Å². The van der Waals surface area contributed by atoms with E-state index in [-0.39, 0.29) is 11.9 Å². The minimum absolute atomic E-state index is 0.0497. The molecular weight excluding hydrogens is 407 g/mol. The van der Waals surface area contributed by atoms with Gasteiger partial charge in [0.05, 0.1) is 34.7 Å². The molecular formula is C22H22Cl2N4O. The van der Waals surface area contributed by atoms with Gasteiger partial charge in [-0.2, -0.15) is 0 Å². The summed E-state index contributed by atoms with van der Waals surface area (Å²) in [5.41, 5.74) is 4.06. The van der Waals surface area contributed by atoms with E-state index in [1.807, 2.05) is 53.8 Å². The number of hydrogen-bond donors (Lipinski definition) is 0. The van der Waals surface area contributed by atoms with Crippen molar-refractivity contribution < 1.29 is 4.79 Å². The zero-order valence-corrected chi connectivity index (χ0v) is 17.9. The van der Waals surface area contributed by atoms with Crippen LogP contribution in [0.25, 0.3) is 5.69 Å². The molecule has 0 saturated carbocycles. The summed E-state index contributed by atoms with van der Waals surface area (Å²) in [6, 6.07) is 13.7. The largest absolute Gasteiger partial charge is 0.360 e. The Morgan fingerprint density at radius 1 is 1.00 bits per heavy atom. The zero-order chi connectivity index (χ0) is 20.5. The smallest absolute Gasteiger partial charge is 0.242 e. The summed E-state index contributed by atoms with van der Waals surface area (Å²) in [7, 11) is 0. The monoisotopic (exact) mass is 428 g/mol. The highest BCUT2D eigenvalue weighted by molar-refractivity contribution is 6.42. The van der Waals surface area contributed by atoms with Crippen molar-refractivity contribution in [2.75, 3.05) is 24.5 Å². The maximum atomic E-state index is 12.8. The van der Waals surface area contributed by atoms with E-state index in [1.165, 1.54) is 0 Å². The Balaban J connectivity index is 1.44. The summed E-state index contributed by atoms with van der Waals surface area (Å²) >= 11 is 12.2. The molecule has 29 heavy (non-hydrogen) atoms. The van der Waals surface area contributed by atoms with Gasteiger partial charge in [0.2, 0.25) is 5.91 Å². The normalized spacial score (nSPS) is 15.7. The number of imidazole rings is 1. The van der Waals surface area contributed by atoms with Gasteiger partial charge >= 0.3 is 0 Å². The Bertz CT molecular complexity index is 1030. The molecule has 5 nitrogen and oxygen atoms in total. The second-order valence-corrected chi connectivity index (χ2v) is 8.11. The third-order valence-electron chi connectivity index (χ3n) is 5.38. The highest BCUT2D eigenvalue weighted by atomic mass is 35.5. The van der Waals surface area contributed by atoms with Crippen LogP contribution in [0.1, 0.15) is 24.2 Å². The molecule has 1 fully saturated rings. The molecule has 2 heterocycles. The number of carbonyl (C=O) groups excluding carboxylic acids is 1. The van der Waals surface area contributed by atoms with Crippen molar-refractivity contribution in [3.63, 3.8) is 0 Å². The number of hydrogen-bond acceptors (Lipinski definition) is 3. The highest BCUT2D eigenvalue weighted by Gasteiger charge is 2.28. The number of piperazine rings is 1. The molecule has 1 aliphatic heterocycles. The van der Waals surface area contributed by atoms with Crippen LogP contribution in [0.15, 0.2) is 55.0 Å². The summed E-state index contributed by atoms with van der Waals surface area (Å²) in [6.45, 7) is 5.78. The first-order valence-electron chi connectivity index (χ1n) is 9.53. The third kappa shape index (κ3) is 4.11. The molecule has 1 unspecified atom stereocenters. The molecule has 4 rings (SSSR count). The number of benzene rings is 2. The zero-order valence-electron chi connectivity index (χ0n) is 16.3. The maximum absolute atomic E-state index is 12.8. The molecule has 0 N–H and O–H groups in total. The Hall–Kier alpha value is -2.50. The molecule has 7 heteroatoms. The topological polar surface area (TPSA) is 41.4 Å². The summed E-state index contributed by atoms with van der Waals surface area (Å²) in [5.74, 6) is 0.101. The van der Waals surface area contributed by atoms with Gasteiger partial charge in [-0.25, -0.2) is 4.98 Å². The van der Waals surface area contributed by atoms with Crippen LogP contribution in [0, 0.1) is 6.92 Å². The van der Waals surface area contributed by atoms with Gasteiger partial charge in [0, 0.05) is 30.7 Å². The Morgan fingerprint density at radius 3 is 2.34 bits per heavy atom. The molecule has 0 aliphatic carbocycles. The van der Waals surface area contributed by atoms with E-state index in [2.05, 4.69) is 22.0 Å². The number of aromatic nitrogens is 2. The number of amides is 1. The molecule has 150 valence electrons. The van der Waals surface area contributed by atoms with E-state index >= 15 is 0 Å². The lowest BCUT2D eigenvalue weighted by Crippen LogP contribution is -2.51. The van der Waals surface area contributed by atoms with Gasteiger partial charge in [-0.05, 0) is 55.8 Å². The van der Waals surface area contributed by atoms with Crippen molar-refractivity contribution in [2.45, 2.75) is 19.9 Å². The standard InChI is InChI=1S/C22H22Cl2N4O/c1-15-12-27(14-25-15)19-6-4-18(5-7-19)26-9-10-28(22(29)13-26)16(2)17-3-8-20(23)21(24)11-17/h3-8,11-12,14,16H,9-10,13H2,1-2H3. The molecule has 0 radical (unpaired) electrons. The van der Waals surface area contributed by atoms with Crippen molar-refractivity contribution in [3.05, 3.63) is 76.3 Å². The Labute approximate surface area is 180 Å². The van der Waals surface area contributed by atoms with Crippen LogP contribution in [0.2, 0.25) is 10.0 Å². The maximum Gasteiger partial charge on any atom is 0.242 e. The van der Waals surface area contributed by atoms with Crippen LogP contribution < -0.4 is 4.90 Å². The molecule has 3 aromatic rings. The van der Waals surface area contributed by atoms with E-state index in [1.54, 1.807) is 12.4 Å². The molecule has 0 bridgehead atoms. The Morgan fingerprint density at radius 2 is 1.72 bits per heavy atom. The predicted octanol–water partition coefficient (Wildman–Crippen LogP) is 4.90. The summed E-state index contributed by atoms with van der Waals surface area (Å²) < 4.78 is 1.99. The average molecular weight is 429 g/mol. The number of aryl methyl sites for hydroxylation is 1. The quantitative estimate of drug-likeness (QED) is 0.593. The second-order valence-electron chi connectivity index (χ2n) is 7.30. The third-order valence-corrected chi connectivity index (χ3v) is 6.11. The fourth-order valence-electron chi connectivity index (χ4n) is 3.67. The summed E-state index contributed by atoms with van der Waals surface area (Å²) in [4.78, 5) is 21.1. The number of carbonyl (C=O) groups is 1. The van der Waals surface area contributed by atoms with Crippen LogP contribution >= 0.6 is 23.2 Å². The number of halogens is 2. The lowest BCUT2D eigenvalue weighted by Gasteiger charge is -2.39. The van der Waals surface area contributed by atoms with Gasteiger partial charge in [-0.1, -0.05) is 29.3 Å². The minimum atomic E-state index is -0.0497. The second kappa shape index (κ2) is 8.09. The van der Waals surface area contributed by atoms with Crippen molar-refractivity contribution in [2.24, 2.45) is 0 Å². The predicted molar refractivity (Wildman–Crippen MR) is 117 cm³/mol. The van der Waals surface area contributed by atoms with E-state index in [0.29, 0.717) is 23.1 Å². The van der Waals surface area contributed by atoms with Crippen LogP contribution in [0.4, 0.5) is 5.69 Å². The van der Waals surface area contributed by atoms with Gasteiger partial charge in [0.1, 0.15) is 0 Å². The van der Waals surface area contributed by atoms with E-state index in [9.17, 15) is 4.79 Å². The fraction of sp³-hybridized carbons (Fsp3) is 0.273. The number of rotatable bonds is 4. The molecule has 1 aliphatic rings. The molecule has 2 aromatic carbocycles. The van der Waals surface area contributed by atoms with Crippen LogP contribution in [0.5, 0.6) is 0 Å². The van der Waals surface area contributed by atoms with Crippen LogP contribution in [-0.4, -0.2) is 40.0 Å². The van der Waals surface area contributed by atoms with Crippen molar-refractivity contribution in [1.82, 2.24) is 14.5 Å². The van der Waals surface area contributed by atoms with E-state index in [0.717, 1.165) is 29.2 Å². The molecule has 1 atom stereocenters. The van der Waals surface area contributed by atoms with Gasteiger partial charge in [-0.3, -0.25) is 4.79 Å². The molecule has 1 aromatic heterocycles.